The van der Waals surface area contributed by atoms with Crippen LogP contribution in [0.2, 0.25) is 0 Å². The smallest absolute Gasteiger partial charge is 0.223 e. The fraction of sp³-hybridized carbons (Fsp3) is 0.346. The summed E-state index contributed by atoms with van der Waals surface area (Å²) in [5, 5.41) is 19.8. The van der Waals surface area contributed by atoms with Crippen LogP contribution < -0.4 is 16.0 Å². The van der Waals surface area contributed by atoms with Crippen LogP contribution in [0, 0.1) is 5.92 Å². The fourth-order valence-electron chi connectivity index (χ4n) is 4.11. The molecule has 1 saturated carbocycles. The molecule has 0 saturated heterocycles. The molecule has 1 heterocycles. The van der Waals surface area contributed by atoms with Crippen molar-refractivity contribution in [3.05, 3.63) is 70.9 Å². The second-order valence-electron chi connectivity index (χ2n) is 8.77. The lowest BCUT2D eigenvalue weighted by Crippen LogP contribution is -2.40. The van der Waals surface area contributed by atoms with Crippen molar-refractivity contribution in [2.45, 2.75) is 45.6 Å². The number of allylic oxidation sites excluding steroid dienone is 6. The van der Waals surface area contributed by atoms with E-state index in [1.165, 1.54) is 13.0 Å². The minimum absolute atomic E-state index is 0.142. The van der Waals surface area contributed by atoms with Gasteiger partial charge in [-0.3, -0.25) is 10.1 Å². The van der Waals surface area contributed by atoms with Crippen molar-refractivity contribution < 1.29 is 14.3 Å². The molecule has 1 amide bonds. The number of hydrogen-bond acceptors (Lipinski definition) is 6. The lowest BCUT2D eigenvalue weighted by molar-refractivity contribution is -0.117. The Morgan fingerprint density at radius 3 is 2.83 bits per heavy atom. The number of guanidine groups is 1. The van der Waals surface area contributed by atoms with E-state index < -0.39 is 0 Å². The number of amides is 1. The first-order chi connectivity index (χ1) is 16.9. The fourth-order valence-corrected chi connectivity index (χ4v) is 5.08. The molecule has 7 nitrogen and oxygen atoms in total. The van der Waals surface area contributed by atoms with E-state index in [4.69, 9.17) is 9.98 Å². The zero-order chi connectivity index (χ0) is 24.8. The number of nitrogens with zero attached hydrogens (tertiary/aromatic N) is 2. The van der Waals surface area contributed by atoms with Crippen molar-refractivity contribution in [3.8, 4) is 0 Å². The van der Waals surface area contributed by atoms with E-state index in [-0.39, 0.29) is 42.7 Å². The first-order valence-corrected chi connectivity index (χ1v) is 12.5. The third kappa shape index (κ3) is 6.64. The summed E-state index contributed by atoms with van der Waals surface area (Å²) < 4.78 is 14.7. The molecule has 1 aromatic heterocycles. The predicted octanol–water partition coefficient (Wildman–Crippen LogP) is 4.51. The molecule has 2 unspecified atom stereocenters. The van der Waals surface area contributed by atoms with Crippen molar-refractivity contribution in [1.29, 1.82) is 0 Å². The van der Waals surface area contributed by atoms with Crippen LogP contribution in [0.5, 0.6) is 0 Å². The Balaban J connectivity index is 1.72. The summed E-state index contributed by atoms with van der Waals surface area (Å²) >= 11 is 1.58. The standard InChI is InChI=1S/C26H30FN5O2S/c1-16(25-31-22-8-3-4-9-23(22)35-25)24(29-21-12-10-18(14-21)15-33)32-26(28-17(2)34)30-20-7-5-6-19(27)11-13-20/h3-5,7-9,11,13,18,21,29,33H,6,10,12,14-15H2,1-2H3,(H2,28,30,32,34)/b24-16+. The van der Waals surface area contributed by atoms with Crippen LogP contribution in [-0.4, -0.2) is 34.6 Å². The number of para-hydroxylation sites is 1. The number of aliphatic hydroxyl groups excluding tert-OH is 1. The summed E-state index contributed by atoms with van der Waals surface area (Å²) in [6.45, 7) is 3.53. The number of nitrogens with one attached hydrogen (secondary N) is 3. The first kappa shape index (κ1) is 24.8. The number of carbonyl (C=O) groups excluding carboxylic acids is 1. The van der Waals surface area contributed by atoms with Crippen molar-refractivity contribution in [2.24, 2.45) is 10.9 Å². The van der Waals surface area contributed by atoms with Gasteiger partial charge in [0.25, 0.3) is 0 Å². The Bertz CT molecular complexity index is 1210. The van der Waals surface area contributed by atoms with Gasteiger partial charge in [-0.25, -0.2) is 9.37 Å². The SMILES string of the molecule is CC(=O)N/C(=N\C(NC1CCC(CO)C1)=C(/C)c1nc2ccccc2s1)NC1=CC=C(F)CC=C1. The van der Waals surface area contributed by atoms with Crippen LogP contribution in [0.3, 0.4) is 0 Å². The number of aliphatic hydroxyl groups is 1. The zero-order valence-electron chi connectivity index (χ0n) is 19.8. The molecule has 1 aromatic carbocycles. The molecular weight excluding hydrogens is 465 g/mol. The highest BCUT2D eigenvalue weighted by Gasteiger charge is 2.25. The Morgan fingerprint density at radius 2 is 2.09 bits per heavy atom. The Morgan fingerprint density at radius 1 is 1.26 bits per heavy atom. The summed E-state index contributed by atoms with van der Waals surface area (Å²) in [5.74, 6) is 0.544. The summed E-state index contributed by atoms with van der Waals surface area (Å²) in [6.07, 6.45) is 9.36. The van der Waals surface area contributed by atoms with Gasteiger partial charge >= 0.3 is 0 Å². The van der Waals surface area contributed by atoms with E-state index in [2.05, 4.69) is 16.0 Å². The molecule has 0 radical (unpaired) electrons. The van der Waals surface area contributed by atoms with Gasteiger partial charge in [-0.1, -0.05) is 18.2 Å². The quantitative estimate of drug-likeness (QED) is 0.349. The summed E-state index contributed by atoms with van der Waals surface area (Å²) in [7, 11) is 0. The van der Waals surface area contributed by atoms with Gasteiger partial charge in [0.05, 0.1) is 10.2 Å². The molecule has 35 heavy (non-hydrogen) atoms. The van der Waals surface area contributed by atoms with Gasteiger partial charge in [0.1, 0.15) is 16.7 Å². The van der Waals surface area contributed by atoms with Gasteiger partial charge < -0.3 is 15.7 Å². The molecule has 0 spiro atoms. The predicted molar refractivity (Wildman–Crippen MR) is 139 cm³/mol. The molecule has 2 atom stereocenters. The number of benzene rings is 1. The van der Waals surface area contributed by atoms with Crippen molar-refractivity contribution in [1.82, 2.24) is 20.9 Å². The van der Waals surface area contributed by atoms with Crippen LogP contribution in [-0.2, 0) is 4.79 Å². The number of aliphatic imine (C=N–C) groups is 1. The molecule has 2 aromatic rings. The number of aromatic nitrogens is 1. The van der Waals surface area contributed by atoms with Crippen LogP contribution in [0.1, 0.15) is 44.5 Å². The van der Waals surface area contributed by atoms with E-state index in [9.17, 15) is 14.3 Å². The summed E-state index contributed by atoms with van der Waals surface area (Å²) in [6, 6.07) is 8.09. The Kier molecular flexibility index (Phi) is 8.09. The van der Waals surface area contributed by atoms with Gasteiger partial charge in [0.15, 0.2) is 0 Å². The highest BCUT2D eigenvalue weighted by Crippen LogP contribution is 2.30. The third-order valence-corrected chi connectivity index (χ3v) is 7.10. The highest BCUT2D eigenvalue weighted by molar-refractivity contribution is 7.19. The number of thiazole rings is 1. The van der Waals surface area contributed by atoms with Gasteiger partial charge in [0.2, 0.25) is 11.9 Å². The largest absolute Gasteiger partial charge is 0.396 e. The molecule has 9 heteroatoms. The molecule has 184 valence electrons. The normalized spacial score (nSPS) is 21.2. The van der Waals surface area contributed by atoms with E-state index in [0.717, 1.165) is 40.1 Å². The molecule has 4 rings (SSSR count). The van der Waals surface area contributed by atoms with E-state index in [1.54, 1.807) is 29.6 Å². The Labute approximate surface area is 208 Å². The molecule has 0 aliphatic heterocycles. The number of halogens is 1. The highest BCUT2D eigenvalue weighted by atomic mass is 32.1. The van der Waals surface area contributed by atoms with E-state index >= 15 is 0 Å². The van der Waals surface area contributed by atoms with Crippen molar-refractivity contribution in [3.63, 3.8) is 0 Å². The number of hydrogen-bond donors (Lipinski definition) is 4. The van der Waals surface area contributed by atoms with Gasteiger partial charge in [0, 0.05) is 37.3 Å². The molecular formula is C26H30FN5O2S. The maximum atomic E-state index is 13.6. The monoisotopic (exact) mass is 495 g/mol. The second kappa shape index (κ2) is 11.4. The topological polar surface area (TPSA) is 98.6 Å². The van der Waals surface area contributed by atoms with Gasteiger partial charge in [-0.05, 0) is 62.5 Å². The molecule has 2 aliphatic carbocycles. The number of rotatable bonds is 6. The number of carbonyl (C=O) groups is 1. The lowest BCUT2D eigenvalue weighted by Gasteiger charge is -2.18. The average Bonchev–Trinajstić information content (AvgIpc) is 3.42. The Hall–Kier alpha value is -3.30. The van der Waals surface area contributed by atoms with Gasteiger partial charge in [-0.2, -0.15) is 4.99 Å². The lowest BCUT2D eigenvalue weighted by atomic mass is 10.1. The van der Waals surface area contributed by atoms with Crippen molar-refractivity contribution >= 4 is 39.0 Å². The zero-order valence-corrected chi connectivity index (χ0v) is 20.7. The number of fused-ring (bicyclic) bond motifs is 1. The summed E-state index contributed by atoms with van der Waals surface area (Å²) in [4.78, 5) is 21.5. The van der Waals surface area contributed by atoms with Crippen LogP contribution >= 0.6 is 11.3 Å². The maximum Gasteiger partial charge on any atom is 0.223 e. The molecule has 1 fully saturated rings. The average molecular weight is 496 g/mol. The van der Waals surface area contributed by atoms with Crippen LogP contribution in [0.4, 0.5) is 4.39 Å². The van der Waals surface area contributed by atoms with Crippen molar-refractivity contribution in [2.75, 3.05) is 6.61 Å². The van der Waals surface area contributed by atoms with Crippen LogP contribution in [0.15, 0.2) is 70.9 Å². The van der Waals surface area contributed by atoms with Gasteiger partial charge in [-0.15, -0.1) is 11.3 Å². The maximum absolute atomic E-state index is 13.6. The first-order valence-electron chi connectivity index (χ1n) is 11.7. The minimum atomic E-state index is -0.283. The molecule has 4 N–H and O–H groups in total. The minimum Gasteiger partial charge on any atom is -0.396 e. The summed E-state index contributed by atoms with van der Waals surface area (Å²) in [5.41, 5.74) is 2.36. The van der Waals surface area contributed by atoms with E-state index in [0.29, 0.717) is 11.5 Å². The second-order valence-corrected chi connectivity index (χ2v) is 9.80. The van der Waals surface area contributed by atoms with Crippen LogP contribution in [0.25, 0.3) is 15.8 Å². The molecule has 2 aliphatic rings. The van der Waals surface area contributed by atoms with E-state index in [1.807, 2.05) is 31.2 Å². The third-order valence-electron chi connectivity index (χ3n) is 5.94. The molecule has 0 bridgehead atoms.